The summed E-state index contributed by atoms with van der Waals surface area (Å²) in [6.45, 7) is 0. The molecule has 0 bridgehead atoms. The lowest BCUT2D eigenvalue weighted by Gasteiger charge is -2.21. The van der Waals surface area contributed by atoms with Crippen molar-refractivity contribution < 1.29 is 18.0 Å². The van der Waals surface area contributed by atoms with Gasteiger partial charge in [0.25, 0.3) is 0 Å². The highest BCUT2D eigenvalue weighted by Gasteiger charge is 2.31. The van der Waals surface area contributed by atoms with Crippen molar-refractivity contribution in [3.05, 3.63) is 23.5 Å². The van der Waals surface area contributed by atoms with Crippen molar-refractivity contribution in [2.75, 3.05) is 0 Å². The summed E-state index contributed by atoms with van der Waals surface area (Å²) in [6, 6.07) is 0.347. The van der Waals surface area contributed by atoms with Crippen molar-refractivity contribution in [3.63, 3.8) is 0 Å². The Morgan fingerprint density at radius 2 is 2.16 bits per heavy atom. The van der Waals surface area contributed by atoms with Gasteiger partial charge in [0, 0.05) is 18.8 Å². The molecule has 1 fully saturated rings. The van der Waals surface area contributed by atoms with E-state index in [1.807, 2.05) is 0 Å². The Hall–Kier alpha value is -1.51. The molecule has 1 aromatic heterocycles. The number of imide groups is 1. The number of pyridine rings is 1. The lowest BCUT2D eigenvalue weighted by atomic mass is 10.1. The van der Waals surface area contributed by atoms with E-state index in [4.69, 9.17) is 11.6 Å². The van der Waals surface area contributed by atoms with Crippen LogP contribution in [0, 0.1) is 0 Å². The zero-order valence-electron chi connectivity index (χ0n) is 9.59. The van der Waals surface area contributed by atoms with Gasteiger partial charge in [0.2, 0.25) is 21.8 Å². The summed E-state index contributed by atoms with van der Waals surface area (Å²) in [7, 11) is -3.96. The first-order valence-corrected chi connectivity index (χ1v) is 7.22. The summed E-state index contributed by atoms with van der Waals surface area (Å²) in [5, 5.41) is 2.07. The zero-order valence-corrected chi connectivity index (χ0v) is 11.2. The number of hydrogen-bond acceptors (Lipinski definition) is 5. The van der Waals surface area contributed by atoms with E-state index >= 15 is 0 Å². The molecular weight excluding hydrogens is 294 g/mol. The second kappa shape index (κ2) is 5.24. The maximum Gasteiger partial charge on any atom is 0.244 e. The molecule has 2 heterocycles. The Balaban J connectivity index is 2.21. The Morgan fingerprint density at radius 1 is 1.42 bits per heavy atom. The van der Waals surface area contributed by atoms with Crippen molar-refractivity contribution in [1.29, 1.82) is 0 Å². The van der Waals surface area contributed by atoms with Crippen LogP contribution in [0.15, 0.2) is 23.4 Å². The first-order valence-electron chi connectivity index (χ1n) is 5.36. The summed E-state index contributed by atoms with van der Waals surface area (Å²) in [4.78, 5) is 25.9. The van der Waals surface area contributed by atoms with E-state index in [9.17, 15) is 18.0 Å². The molecule has 2 N–H and O–H groups in total. The number of piperidine rings is 1. The average molecular weight is 304 g/mol. The van der Waals surface area contributed by atoms with E-state index in [0.717, 1.165) is 6.20 Å². The number of nitrogens with zero attached hydrogens (tertiary/aromatic N) is 1. The van der Waals surface area contributed by atoms with Crippen molar-refractivity contribution in [2.45, 2.75) is 23.8 Å². The first-order chi connectivity index (χ1) is 8.90. The molecule has 0 aliphatic carbocycles. The fraction of sp³-hybridized carbons (Fsp3) is 0.300. The van der Waals surface area contributed by atoms with E-state index in [2.05, 4.69) is 15.0 Å². The number of halogens is 1. The second-order valence-corrected chi connectivity index (χ2v) is 6.02. The minimum absolute atomic E-state index is 0.00907. The van der Waals surface area contributed by atoms with Gasteiger partial charge in [-0.3, -0.25) is 19.9 Å². The Morgan fingerprint density at radius 3 is 2.79 bits per heavy atom. The van der Waals surface area contributed by atoms with Gasteiger partial charge >= 0.3 is 0 Å². The third kappa shape index (κ3) is 3.09. The topological polar surface area (TPSA) is 105 Å². The monoisotopic (exact) mass is 303 g/mol. The molecule has 0 saturated carbocycles. The van der Waals surface area contributed by atoms with Crippen LogP contribution in [0.2, 0.25) is 5.02 Å². The quantitative estimate of drug-likeness (QED) is 0.754. The molecule has 2 rings (SSSR count). The number of aromatic nitrogens is 1. The number of carbonyl (C=O) groups is 2. The molecule has 1 aromatic rings. The number of rotatable bonds is 3. The van der Waals surface area contributed by atoms with Crippen LogP contribution in [0.1, 0.15) is 12.8 Å². The van der Waals surface area contributed by atoms with E-state index in [-0.39, 0.29) is 22.8 Å². The molecule has 1 aliphatic heterocycles. The van der Waals surface area contributed by atoms with E-state index in [0.29, 0.717) is 0 Å². The minimum atomic E-state index is -3.96. The highest BCUT2D eigenvalue weighted by atomic mass is 35.5. The van der Waals surface area contributed by atoms with Gasteiger partial charge in [-0.2, -0.15) is 4.72 Å². The summed E-state index contributed by atoms with van der Waals surface area (Å²) >= 11 is 5.77. The molecule has 0 radical (unpaired) electrons. The third-order valence-electron chi connectivity index (χ3n) is 2.56. The summed E-state index contributed by atoms with van der Waals surface area (Å²) in [5.41, 5.74) is 0. The predicted molar refractivity (Wildman–Crippen MR) is 65.7 cm³/mol. The van der Waals surface area contributed by atoms with Crippen LogP contribution >= 0.6 is 11.6 Å². The van der Waals surface area contributed by atoms with Gasteiger partial charge in [0.05, 0.1) is 5.02 Å². The molecular formula is C10H10ClN3O4S. The van der Waals surface area contributed by atoms with Crippen LogP contribution in [-0.4, -0.2) is 31.3 Å². The number of amides is 2. The van der Waals surface area contributed by atoms with Crippen LogP contribution in [0.3, 0.4) is 0 Å². The molecule has 102 valence electrons. The van der Waals surface area contributed by atoms with Crippen LogP contribution in [-0.2, 0) is 19.6 Å². The SMILES string of the molecule is O=C1CCC(NS(=O)(=O)c2cnccc2Cl)C(=O)N1. The smallest absolute Gasteiger partial charge is 0.244 e. The highest BCUT2D eigenvalue weighted by molar-refractivity contribution is 7.89. The normalized spacial score (nSPS) is 20.2. The summed E-state index contributed by atoms with van der Waals surface area (Å²) < 4.78 is 26.3. The van der Waals surface area contributed by atoms with Crippen LogP contribution < -0.4 is 10.0 Å². The number of nitrogens with one attached hydrogen (secondary N) is 2. The van der Waals surface area contributed by atoms with Gasteiger partial charge in [-0.25, -0.2) is 8.42 Å². The molecule has 0 spiro atoms. The number of hydrogen-bond donors (Lipinski definition) is 2. The van der Waals surface area contributed by atoms with Gasteiger partial charge in [-0.15, -0.1) is 0 Å². The number of carbonyl (C=O) groups excluding carboxylic acids is 2. The van der Waals surface area contributed by atoms with Crippen LogP contribution in [0.4, 0.5) is 0 Å². The lowest BCUT2D eigenvalue weighted by Crippen LogP contribution is -2.52. The second-order valence-electron chi connectivity index (χ2n) is 3.93. The molecule has 2 amide bonds. The van der Waals surface area contributed by atoms with Crippen LogP contribution in [0.25, 0.3) is 0 Å². The molecule has 19 heavy (non-hydrogen) atoms. The summed E-state index contributed by atoms with van der Waals surface area (Å²) in [5.74, 6) is -1.08. The molecule has 1 unspecified atom stereocenters. The van der Waals surface area contributed by atoms with Crippen molar-refractivity contribution in [3.8, 4) is 0 Å². The van der Waals surface area contributed by atoms with Gasteiger partial charge < -0.3 is 0 Å². The molecule has 9 heteroatoms. The Kier molecular flexibility index (Phi) is 3.83. The zero-order chi connectivity index (χ0) is 14.0. The lowest BCUT2D eigenvalue weighted by molar-refractivity contribution is -0.134. The van der Waals surface area contributed by atoms with Crippen molar-refractivity contribution >= 4 is 33.4 Å². The van der Waals surface area contributed by atoms with E-state index in [1.165, 1.54) is 12.3 Å². The van der Waals surface area contributed by atoms with Crippen molar-refractivity contribution in [2.24, 2.45) is 0 Å². The molecule has 1 saturated heterocycles. The fourth-order valence-corrected chi connectivity index (χ4v) is 3.28. The predicted octanol–water partition coefficient (Wildman–Crippen LogP) is -0.182. The standard InChI is InChI=1S/C10H10ClN3O4S/c11-6-3-4-12-5-8(6)19(17,18)14-7-1-2-9(15)13-10(7)16/h3-5,7,14H,1-2H2,(H,13,15,16). The Bertz CT molecular complexity index is 631. The highest BCUT2D eigenvalue weighted by Crippen LogP contribution is 2.20. The maximum absolute atomic E-state index is 12.0. The third-order valence-corrected chi connectivity index (χ3v) is 4.50. The van der Waals surface area contributed by atoms with Gasteiger partial charge in [0.15, 0.2) is 0 Å². The van der Waals surface area contributed by atoms with Crippen LogP contribution in [0.5, 0.6) is 0 Å². The molecule has 0 aromatic carbocycles. The molecule has 7 nitrogen and oxygen atoms in total. The van der Waals surface area contributed by atoms with Gasteiger partial charge in [0.1, 0.15) is 10.9 Å². The minimum Gasteiger partial charge on any atom is -0.295 e. The van der Waals surface area contributed by atoms with Crippen molar-refractivity contribution in [1.82, 2.24) is 15.0 Å². The van der Waals surface area contributed by atoms with E-state index in [1.54, 1.807) is 0 Å². The van der Waals surface area contributed by atoms with Gasteiger partial charge in [-0.05, 0) is 12.5 Å². The largest absolute Gasteiger partial charge is 0.295 e. The Labute approximate surface area is 114 Å². The molecule has 1 atom stereocenters. The molecule has 1 aliphatic rings. The number of sulfonamides is 1. The van der Waals surface area contributed by atoms with Gasteiger partial charge in [-0.1, -0.05) is 11.6 Å². The fourth-order valence-electron chi connectivity index (χ4n) is 1.62. The van der Waals surface area contributed by atoms with E-state index < -0.39 is 27.9 Å². The average Bonchev–Trinajstić information content (AvgIpc) is 2.33. The first kappa shape index (κ1) is 13.9. The maximum atomic E-state index is 12.0. The summed E-state index contributed by atoms with van der Waals surface area (Å²) in [6.07, 6.45) is 2.64.